The van der Waals surface area contributed by atoms with Gasteiger partial charge in [0, 0.05) is 0 Å². The van der Waals surface area contributed by atoms with Crippen LogP contribution < -0.4 is 0 Å². The first-order chi connectivity index (χ1) is 7.74. The second-order valence-corrected chi connectivity index (χ2v) is 17.9. The average molecular weight is 335 g/mol. The monoisotopic (exact) mass is 336 g/mol. The summed E-state index contributed by atoms with van der Waals surface area (Å²) in [4.78, 5) is 0. The van der Waals surface area contributed by atoms with Gasteiger partial charge in [0.2, 0.25) is 0 Å². The molecule has 0 heterocycles. The Morgan fingerprint density at radius 1 is 0.750 bits per heavy atom. The van der Waals surface area contributed by atoms with E-state index in [1.807, 2.05) is 0 Å². The summed E-state index contributed by atoms with van der Waals surface area (Å²) < 4.78 is 10.6. The summed E-state index contributed by atoms with van der Waals surface area (Å²) in [7, 11) is 0. The minimum absolute atomic E-state index is 1.06. The molecule has 16 heavy (non-hydrogen) atoms. The summed E-state index contributed by atoms with van der Waals surface area (Å²) >= 11 is -2.10. The van der Waals surface area contributed by atoms with Crippen LogP contribution in [0.1, 0.15) is 66.2 Å². The van der Waals surface area contributed by atoms with E-state index in [0.717, 1.165) is 6.61 Å². The first-order valence-corrected chi connectivity index (χ1v) is 14.6. The number of hydrogen-bond acceptors (Lipinski definition) is 1. The van der Waals surface area contributed by atoms with Crippen LogP contribution in [0.2, 0.25) is 13.3 Å². The zero-order valence-corrected chi connectivity index (χ0v) is 14.8. The molecule has 0 aliphatic carbocycles. The Hall–Kier alpha value is 0.759. The standard InChI is InChI=1S/C6H13O.C4H9.2C2H5.Sn/c1-2-3-4-5-6-7;1-3-4-2;2*1-2;/h2-6H2,1H3;1,3-4H2,2H3;2*1H2,2H3;/q-1;;;;+1. The van der Waals surface area contributed by atoms with Crippen LogP contribution in [0.15, 0.2) is 0 Å². The van der Waals surface area contributed by atoms with Gasteiger partial charge in [-0.25, -0.2) is 0 Å². The number of rotatable bonds is 11. The van der Waals surface area contributed by atoms with Crippen molar-refractivity contribution >= 4 is 18.8 Å². The topological polar surface area (TPSA) is 9.23 Å². The summed E-state index contributed by atoms with van der Waals surface area (Å²) in [6.45, 7) is 10.3. The molecule has 2 heteroatoms. The third-order valence-electron chi connectivity index (χ3n) is 3.68. The molecule has 0 bridgehead atoms. The van der Waals surface area contributed by atoms with Crippen molar-refractivity contribution in [1.29, 1.82) is 0 Å². The average Bonchev–Trinajstić information content (AvgIpc) is 2.33. The molecular formula is C14H32OSn. The molecule has 0 unspecified atom stereocenters. The van der Waals surface area contributed by atoms with Crippen LogP contribution in [-0.2, 0) is 3.07 Å². The molecule has 0 aromatic heterocycles. The fraction of sp³-hybridized carbons (Fsp3) is 1.00. The molecule has 0 saturated carbocycles. The first kappa shape index (κ1) is 16.8. The van der Waals surface area contributed by atoms with Crippen LogP contribution in [-0.4, -0.2) is 25.4 Å². The fourth-order valence-corrected chi connectivity index (χ4v) is 11.7. The first-order valence-electron chi connectivity index (χ1n) is 7.38. The van der Waals surface area contributed by atoms with Crippen molar-refractivity contribution in [3.8, 4) is 0 Å². The Morgan fingerprint density at radius 2 is 1.38 bits per heavy atom. The van der Waals surface area contributed by atoms with Crippen LogP contribution in [0, 0.1) is 0 Å². The molecule has 0 aromatic carbocycles. The van der Waals surface area contributed by atoms with E-state index in [1.165, 1.54) is 51.8 Å². The van der Waals surface area contributed by atoms with E-state index in [4.69, 9.17) is 3.07 Å². The van der Waals surface area contributed by atoms with Gasteiger partial charge in [0.1, 0.15) is 0 Å². The molecule has 0 radical (unpaired) electrons. The molecule has 0 rings (SSSR count). The van der Waals surface area contributed by atoms with Crippen LogP contribution in [0.4, 0.5) is 0 Å². The van der Waals surface area contributed by atoms with Crippen molar-refractivity contribution in [2.75, 3.05) is 6.61 Å². The van der Waals surface area contributed by atoms with Crippen LogP contribution >= 0.6 is 0 Å². The predicted molar refractivity (Wildman–Crippen MR) is 76.5 cm³/mol. The normalized spacial score (nSPS) is 12.0. The Balaban J connectivity index is 3.82. The van der Waals surface area contributed by atoms with Crippen LogP contribution in [0.25, 0.3) is 0 Å². The molecule has 0 spiro atoms. The Bertz CT molecular complexity index is 144. The molecule has 0 aliphatic heterocycles. The minimum atomic E-state index is -2.10. The van der Waals surface area contributed by atoms with Gasteiger partial charge >= 0.3 is 108 Å². The Morgan fingerprint density at radius 3 is 1.88 bits per heavy atom. The van der Waals surface area contributed by atoms with E-state index in [9.17, 15) is 0 Å². The Labute approximate surface area is 108 Å². The summed E-state index contributed by atoms with van der Waals surface area (Å²) in [5.41, 5.74) is 0. The molecule has 0 atom stereocenters. The molecule has 98 valence electrons. The van der Waals surface area contributed by atoms with E-state index in [1.54, 1.807) is 0 Å². The maximum absolute atomic E-state index is 6.39. The molecule has 1 nitrogen and oxygen atoms in total. The van der Waals surface area contributed by atoms with Gasteiger partial charge < -0.3 is 0 Å². The molecule has 0 N–H and O–H groups in total. The third-order valence-corrected chi connectivity index (χ3v) is 17.0. The fourth-order valence-electron chi connectivity index (χ4n) is 2.20. The van der Waals surface area contributed by atoms with E-state index in [-0.39, 0.29) is 0 Å². The van der Waals surface area contributed by atoms with Crippen molar-refractivity contribution in [1.82, 2.24) is 0 Å². The number of hydrogen-bond donors (Lipinski definition) is 0. The summed E-state index contributed by atoms with van der Waals surface area (Å²) in [5, 5.41) is 0. The van der Waals surface area contributed by atoms with Gasteiger partial charge in [-0.05, 0) is 0 Å². The summed E-state index contributed by atoms with van der Waals surface area (Å²) in [6.07, 6.45) is 8.08. The predicted octanol–water partition coefficient (Wildman–Crippen LogP) is 5.37. The zero-order valence-electron chi connectivity index (χ0n) is 12.0. The van der Waals surface area contributed by atoms with Gasteiger partial charge in [-0.2, -0.15) is 0 Å². The van der Waals surface area contributed by atoms with E-state index >= 15 is 0 Å². The Kier molecular flexibility index (Phi) is 11.4. The molecular weight excluding hydrogens is 303 g/mol. The van der Waals surface area contributed by atoms with Crippen molar-refractivity contribution in [3.63, 3.8) is 0 Å². The number of unbranched alkanes of at least 4 members (excludes halogenated alkanes) is 4. The molecule has 0 amide bonds. The quantitative estimate of drug-likeness (QED) is 0.364. The van der Waals surface area contributed by atoms with Gasteiger partial charge in [-0.15, -0.1) is 0 Å². The zero-order chi connectivity index (χ0) is 12.3. The van der Waals surface area contributed by atoms with Crippen molar-refractivity contribution in [3.05, 3.63) is 0 Å². The van der Waals surface area contributed by atoms with Gasteiger partial charge in [0.15, 0.2) is 0 Å². The third kappa shape index (κ3) is 7.16. The van der Waals surface area contributed by atoms with Crippen LogP contribution in [0.5, 0.6) is 0 Å². The molecule has 0 saturated heterocycles. The molecule has 0 aliphatic rings. The van der Waals surface area contributed by atoms with Gasteiger partial charge in [0.25, 0.3) is 0 Å². The van der Waals surface area contributed by atoms with Crippen molar-refractivity contribution in [2.24, 2.45) is 0 Å². The maximum atomic E-state index is 6.39. The van der Waals surface area contributed by atoms with E-state index in [0.29, 0.717) is 0 Å². The molecule has 0 fully saturated rings. The van der Waals surface area contributed by atoms with Gasteiger partial charge in [-0.1, -0.05) is 0 Å². The molecule has 0 aromatic rings. The second kappa shape index (κ2) is 10.9. The van der Waals surface area contributed by atoms with E-state index in [2.05, 4.69) is 27.7 Å². The SMILES string of the molecule is CCCCCC[O][Sn]([CH2]C)([CH2]C)[CH2]CCC. The van der Waals surface area contributed by atoms with Gasteiger partial charge in [-0.3, -0.25) is 0 Å². The summed E-state index contributed by atoms with van der Waals surface area (Å²) in [6, 6.07) is 0. The van der Waals surface area contributed by atoms with E-state index < -0.39 is 18.8 Å². The van der Waals surface area contributed by atoms with Crippen LogP contribution in [0.3, 0.4) is 0 Å². The van der Waals surface area contributed by atoms with Crippen molar-refractivity contribution in [2.45, 2.75) is 79.5 Å². The van der Waals surface area contributed by atoms with Crippen molar-refractivity contribution < 1.29 is 3.07 Å². The summed E-state index contributed by atoms with van der Waals surface area (Å²) in [5.74, 6) is 0. The van der Waals surface area contributed by atoms with Gasteiger partial charge in [0.05, 0.1) is 0 Å². The second-order valence-electron chi connectivity index (χ2n) is 4.90.